The molecule has 1 saturated heterocycles. The van der Waals surface area contributed by atoms with Crippen molar-refractivity contribution in [2.24, 2.45) is 5.92 Å². The highest BCUT2D eigenvalue weighted by Gasteiger charge is 2.20. The molecule has 7 nitrogen and oxygen atoms in total. The molecule has 2 aromatic rings. The molecule has 162 valence electrons. The molecule has 0 saturated carbocycles. The molecule has 8 heteroatoms. The quantitative estimate of drug-likeness (QED) is 0.724. The molecule has 0 radical (unpaired) electrons. The van der Waals surface area contributed by atoms with Crippen LogP contribution >= 0.6 is 0 Å². The lowest BCUT2D eigenvalue weighted by atomic mass is 9.95. The van der Waals surface area contributed by atoms with Crippen LogP contribution in [0, 0.1) is 18.7 Å². The second-order valence-corrected chi connectivity index (χ2v) is 7.89. The molecule has 2 heterocycles. The maximum atomic E-state index is 13.2. The highest BCUT2D eigenvalue weighted by Crippen LogP contribution is 2.22. The van der Waals surface area contributed by atoms with Crippen molar-refractivity contribution in [1.82, 2.24) is 15.3 Å². The van der Waals surface area contributed by atoms with E-state index in [4.69, 9.17) is 4.74 Å². The molecule has 1 aromatic heterocycles. The average molecular weight is 416 g/mol. The van der Waals surface area contributed by atoms with Gasteiger partial charge in [-0.2, -0.15) is 0 Å². The summed E-state index contributed by atoms with van der Waals surface area (Å²) in [7, 11) is 0. The molecular weight excluding hydrogens is 387 g/mol. The molecule has 2 N–H and O–H groups in total. The van der Waals surface area contributed by atoms with Gasteiger partial charge in [0.15, 0.2) is 0 Å². The Morgan fingerprint density at radius 1 is 1.27 bits per heavy atom. The van der Waals surface area contributed by atoms with Crippen molar-refractivity contribution >= 4 is 11.9 Å². The minimum Gasteiger partial charge on any atom is -0.378 e. The van der Waals surface area contributed by atoms with Crippen LogP contribution in [0.1, 0.15) is 43.1 Å². The normalized spacial score (nSPS) is 15.3. The van der Waals surface area contributed by atoms with E-state index in [1.54, 1.807) is 19.1 Å². The van der Waals surface area contributed by atoms with Gasteiger partial charge in [0.1, 0.15) is 5.82 Å². The SMILES string of the molecule is Cc1nc(N2CCOCC2)[nH]c(=O)c1CCC(=O)N[C@@H](c1ccc(F)cc1)C(C)C. The van der Waals surface area contributed by atoms with Gasteiger partial charge in [-0.3, -0.25) is 14.6 Å². The van der Waals surface area contributed by atoms with Gasteiger partial charge in [-0.25, -0.2) is 9.37 Å². The molecule has 0 unspecified atom stereocenters. The van der Waals surface area contributed by atoms with Crippen LogP contribution in [0.5, 0.6) is 0 Å². The van der Waals surface area contributed by atoms with Gasteiger partial charge in [0.05, 0.1) is 19.3 Å². The van der Waals surface area contributed by atoms with Crippen molar-refractivity contribution in [2.75, 3.05) is 31.2 Å². The third-order valence-corrected chi connectivity index (χ3v) is 5.33. The number of aryl methyl sites for hydroxylation is 1. The van der Waals surface area contributed by atoms with Crippen molar-refractivity contribution < 1.29 is 13.9 Å². The average Bonchev–Trinajstić information content (AvgIpc) is 2.72. The van der Waals surface area contributed by atoms with Gasteiger partial charge in [-0.05, 0) is 37.0 Å². The molecule has 1 aromatic carbocycles. The number of morpholine rings is 1. The van der Waals surface area contributed by atoms with Gasteiger partial charge in [0, 0.05) is 30.8 Å². The predicted molar refractivity (Wildman–Crippen MR) is 113 cm³/mol. The number of nitrogens with one attached hydrogen (secondary N) is 2. The maximum absolute atomic E-state index is 13.2. The Kier molecular flexibility index (Phi) is 7.20. The van der Waals surface area contributed by atoms with E-state index in [2.05, 4.69) is 15.3 Å². The van der Waals surface area contributed by atoms with E-state index in [0.29, 0.717) is 49.9 Å². The van der Waals surface area contributed by atoms with Crippen molar-refractivity contribution in [3.05, 3.63) is 57.3 Å². The third kappa shape index (κ3) is 5.44. The fourth-order valence-electron chi connectivity index (χ4n) is 3.60. The van der Waals surface area contributed by atoms with Crippen molar-refractivity contribution in [1.29, 1.82) is 0 Å². The monoisotopic (exact) mass is 416 g/mol. The summed E-state index contributed by atoms with van der Waals surface area (Å²) < 4.78 is 18.5. The summed E-state index contributed by atoms with van der Waals surface area (Å²) in [5.74, 6) is 0.216. The minimum atomic E-state index is -0.310. The van der Waals surface area contributed by atoms with E-state index in [-0.39, 0.29) is 35.7 Å². The lowest BCUT2D eigenvalue weighted by molar-refractivity contribution is -0.122. The highest BCUT2D eigenvalue weighted by molar-refractivity contribution is 5.76. The number of anilines is 1. The molecule has 1 aliphatic rings. The molecule has 1 amide bonds. The standard InChI is InChI=1S/C22H29FN4O3/c1-14(2)20(16-4-6-17(23)7-5-16)25-19(28)9-8-18-15(3)24-22(26-21(18)29)27-10-12-30-13-11-27/h4-7,14,20H,8-13H2,1-3H3,(H,25,28)(H,24,26,29)/t20-/m1/s1. The number of H-pyrrole nitrogens is 1. The molecule has 0 aliphatic carbocycles. The van der Waals surface area contributed by atoms with Crippen LogP contribution in [0.4, 0.5) is 10.3 Å². The molecule has 0 bridgehead atoms. The van der Waals surface area contributed by atoms with Gasteiger partial charge < -0.3 is 15.0 Å². The van der Waals surface area contributed by atoms with Gasteiger partial charge in [-0.15, -0.1) is 0 Å². The molecule has 1 aliphatic heterocycles. The Labute approximate surface area is 175 Å². The Balaban J connectivity index is 1.64. The van der Waals surface area contributed by atoms with Crippen LogP contribution in [0.15, 0.2) is 29.1 Å². The first-order valence-corrected chi connectivity index (χ1v) is 10.3. The summed E-state index contributed by atoms with van der Waals surface area (Å²) in [4.78, 5) is 34.5. The number of carbonyl (C=O) groups excluding carboxylic acids is 1. The number of rotatable bonds is 7. The van der Waals surface area contributed by atoms with E-state index in [9.17, 15) is 14.0 Å². The summed E-state index contributed by atoms with van der Waals surface area (Å²) in [6.45, 7) is 8.37. The highest BCUT2D eigenvalue weighted by atomic mass is 19.1. The summed E-state index contributed by atoms with van der Waals surface area (Å²) in [5, 5.41) is 3.01. The van der Waals surface area contributed by atoms with Crippen LogP contribution in [-0.2, 0) is 16.0 Å². The van der Waals surface area contributed by atoms with Crippen LogP contribution in [0.2, 0.25) is 0 Å². The first-order valence-electron chi connectivity index (χ1n) is 10.3. The summed E-state index contributed by atoms with van der Waals surface area (Å²) in [5.41, 5.74) is 1.79. The van der Waals surface area contributed by atoms with Crippen molar-refractivity contribution in [3.63, 3.8) is 0 Å². The molecule has 1 atom stereocenters. The van der Waals surface area contributed by atoms with E-state index in [0.717, 1.165) is 5.56 Å². The number of aromatic amines is 1. The molecule has 30 heavy (non-hydrogen) atoms. The summed E-state index contributed by atoms with van der Waals surface area (Å²) >= 11 is 0. The molecule has 0 spiro atoms. The number of hydrogen-bond acceptors (Lipinski definition) is 5. The lowest BCUT2D eigenvalue weighted by Crippen LogP contribution is -2.38. The number of halogens is 1. The van der Waals surface area contributed by atoms with E-state index >= 15 is 0 Å². The zero-order valence-corrected chi connectivity index (χ0v) is 17.7. The van der Waals surface area contributed by atoms with Crippen molar-refractivity contribution in [3.8, 4) is 0 Å². The summed E-state index contributed by atoms with van der Waals surface area (Å²) in [6, 6.07) is 5.93. The van der Waals surface area contributed by atoms with Gasteiger partial charge >= 0.3 is 0 Å². The van der Waals surface area contributed by atoms with Crippen molar-refractivity contribution in [2.45, 2.75) is 39.7 Å². The zero-order chi connectivity index (χ0) is 21.7. The minimum absolute atomic E-state index is 0.138. The third-order valence-electron chi connectivity index (χ3n) is 5.33. The summed E-state index contributed by atoms with van der Waals surface area (Å²) in [6.07, 6.45) is 0.477. The Morgan fingerprint density at radius 2 is 1.93 bits per heavy atom. The van der Waals surface area contributed by atoms with Crippen LogP contribution < -0.4 is 15.8 Å². The van der Waals surface area contributed by atoms with E-state index < -0.39 is 0 Å². The number of hydrogen-bond donors (Lipinski definition) is 2. The maximum Gasteiger partial charge on any atom is 0.255 e. The van der Waals surface area contributed by atoms with Gasteiger partial charge in [0.25, 0.3) is 5.56 Å². The lowest BCUT2D eigenvalue weighted by Gasteiger charge is -2.27. The smallest absolute Gasteiger partial charge is 0.255 e. The topological polar surface area (TPSA) is 87.3 Å². The number of nitrogens with zero attached hydrogens (tertiary/aromatic N) is 2. The number of aromatic nitrogens is 2. The fourth-order valence-corrected chi connectivity index (χ4v) is 3.60. The largest absolute Gasteiger partial charge is 0.378 e. The molecule has 1 fully saturated rings. The van der Waals surface area contributed by atoms with E-state index in [1.165, 1.54) is 12.1 Å². The second-order valence-electron chi connectivity index (χ2n) is 7.89. The first kappa shape index (κ1) is 22.0. The van der Waals surface area contributed by atoms with Crippen LogP contribution in [0.3, 0.4) is 0 Å². The van der Waals surface area contributed by atoms with E-state index in [1.807, 2.05) is 18.7 Å². The molecular formula is C22H29FN4O3. The number of amides is 1. The number of ether oxygens (including phenoxy) is 1. The Bertz CT molecular complexity index is 921. The molecule has 3 rings (SSSR count). The fraction of sp³-hybridized carbons (Fsp3) is 0.500. The zero-order valence-electron chi connectivity index (χ0n) is 17.7. The predicted octanol–water partition coefficient (Wildman–Crippen LogP) is 2.50. The first-order chi connectivity index (χ1) is 14.3. The Morgan fingerprint density at radius 3 is 2.53 bits per heavy atom. The Hall–Kier alpha value is -2.74. The number of benzene rings is 1. The van der Waals surface area contributed by atoms with Gasteiger partial charge in [0.2, 0.25) is 11.9 Å². The second kappa shape index (κ2) is 9.84. The van der Waals surface area contributed by atoms with Crippen LogP contribution in [-0.4, -0.2) is 42.2 Å². The van der Waals surface area contributed by atoms with Gasteiger partial charge in [-0.1, -0.05) is 26.0 Å². The number of carbonyl (C=O) groups is 1. The van der Waals surface area contributed by atoms with Crippen LogP contribution in [0.25, 0.3) is 0 Å².